The molecule has 0 aliphatic rings. The summed E-state index contributed by atoms with van der Waals surface area (Å²) in [4.78, 5) is 11.7. The van der Waals surface area contributed by atoms with Crippen LogP contribution in [0.1, 0.15) is 11.7 Å². The van der Waals surface area contributed by atoms with Crippen LogP contribution in [0.15, 0.2) is 47.2 Å². The fourth-order valence-corrected chi connectivity index (χ4v) is 3.68. The van der Waals surface area contributed by atoms with Gasteiger partial charge in [0, 0.05) is 16.8 Å². The smallest absolute Gasteiger partial charge is 0.319 e. The Labute approximate surface area is 130 Å². The number of benzene rings is 1. The van der Waals surface area contributed by atoms with Gasteiger partial charge in [-0.3, -0.25) is 5.32 Å². The van der Waals surface area contributed by atoms with E-state index in [4.69, 9.17) is 0 Å². The monoisotopic (exact) mass is 318 g/mol. The van der Waals surface area contributed by atoms with Gasteiger partial charge in [-0.1, -0.05) is 18.2 Å². The summed E-state index contributed by atoms with van der Waals surface area (Å²) in [7, 11) is 0. The van der Waals surface area contributed by atoms with E-state index in [2.05, 4.69) is 10.6 Å². The van der Waals surface area contributed by atoms with Gasteiger partial charge in [0.2, 0.25) is 0 Å². The predicted molar refractivity (Wildman–Crippen MR) is 88.1 cm³/mol. The lowest BCUT2D eigenvalue weighted by Crippen LogP contribution is -2.32. The van der Waals surface area contributed by atoms with Gasteiger partial charge in [0.05, 0.1) is 11.1 Å². The van der Waals surface area contributed by atoms with Gasteiger partial charge < -0.3 is 10.4 Å². The van der Waals surface area contributed by atoms with Crippen molar-refractivity contribution < 1.29 is 9.90 Å². The fraction of sp³-hybridized carbons (Fsp3) is 0.133. The van der Waals surface area contributed by atoms with E-state index in [1.807, 2.05) is 47.2 Å². The number of hydrogen-bond donors (Lipinski definition) is 3. The number of thiophene rings is 2. The average molecular weight is 318 g/mol. The molecular formula is C15H14N2O2S2. The van der Waals surface area contributed by atoms with Crippen molar-refractivity contribution in [3.63, 3.8) is 0 Å². The Balaban J connectivity index is 1.61. The Morgan fingerprint density at radius 1 is 1.19 bits per heavy atom. The van der Waals surface area contributed by atoms with Crippen molar-refractivity contribution in [3.8, 4) is 0 Å². The molecule has 0 radical (unpaired) electrons. The quantitative estimate of drug-likeness (QED) is 0.685. The number of nitrogens with one attached hydrogen (secondary N) is 2. The molecule has 2 heterocycles. The molecule has 108 valence electrons. The number of hydrogen-bond acceptors (Lipinski definition) is 4. The van der Waals surface area contributed by atoms with Gasteiger partial charge in [-0.05, 0) is 34.3 Å². The number of carbonyl (C=O) groups is 1. The topological polar surface area (TPSA) is 61.4 Å². The van der Waals surface area contributed by atoms with Crippen LogP contribution in [0.4, 0.5) is 9.80 Å². The highest BCUT2D eigenvalue weighted by molar-refractivity contribution is 7.17. The third-order valence-corrected chi connectivity index (χ3v) is 4.85. The Morgan fingerprint density at radius 2 is 2.05 bits per heavy atom. The lowest BCUT2D eigenvalue weighted by atomic mass is 10.1. The van der Waals surface area contributed by atoms with Crippen LogP contribution in [0.25, 0.3) is 10.1 Å². The largest absolute Gasteiger partial charge is 0.387 e. The maximum Gasteiger partial charge on any atom is 0.319 e. The average Bonchev–Trinajstić information content (AvgIpc) is 3.13. The third-order valence-electron chi connectivity index (χ3n) is 3.08. The van der Waals surface area contributed by atoms with Gasteiger partial charge >= 0.3 is 6.03 Å². The standard InChI is InChI=1S/C15H14N2O2S2/c18-12(8-16-15(19)17-14-6-3-7-20-14)11-9-21-13-5-2-1-4-10(11)13/h1-7,9,12,18H,8H2,(H2,16,17,19)/t12-/m1/s1. The molecule has 21 heavy (non-hydrogen) atoms. The second-order valence-electron chi connectivity index (χ2n) is 4.52. The summed E-state index contributed by atoms with van der Waals surface area (Å²) < 4.78 is 1.13. The zero-order valence-corrected chi connectivity index (χ0v) is 12.7. The summed E-state index contributed by atoms with van der Waals surface area (Å²) in [5.41, 5.74) is 0.854. The van der Waals surface area contributed by atoms with Crippen molar-refractivity contribution in [2.45, 2.75) is 6.10 Å². The molecule has 0 saturated heterocycles. The van der Waals surface area contributed by atoms with Crippen LogP contribution >= 0.6 is 22.7 Å². The molecule has 3 N–H and O–H groups in total. The lowest BCUT2D eigenvalue weighted by Gasteiger charge is -2.11. The van der Waals surface area contributed by atoms with Crippen molar-refractivity contribution in [1.82, 2.24) is 5.32 Å². The minimum Gasteiger partial charge on any atom is -0.387 e. The molecule has 0 aliphatic heterocycles. The molecule has 0 bridgehead atoms. The van der Waals surface area contributed by atoms with E-state index in [-0.39, 0.29) is 12.6 Å². The summed E-state index contributed by atoms with van der Waals surface area (Å²) in [6.07, 6.45) is -0.713. The summed E-state index contributed by atoms with van der Waals surface area (Å²) >= 11 is 3.05. The van der Waals surface area contributed by atoms with Crippen molar-refractivity contribution >= 4 is 43.8 Å². The number of anilines is 1. The Kier molecular flexibility index (Phi) is 4.19. The van der Waals surface area contributed by atoms with Gasteiger partial charge in [-0.25, -0.2) is 4.79 Å². The van der Waals surface area contributed by atoms with Gasteiger partial charge in [0.15, 0.2) is 0 Å². The molecule has 0 saturated carbocycles. The van der Waals surface area contributed by atoms with E-state index in [0.717, 1.165) is 20.7 Å². The maximum absolute atomic E-state index is 11.7. The molecule has 2 aromatic heterocycles. The van der Waals surface area contributed by atoms with Gasteiger partial charge in [-0.15, -0.1) is 22.7 Å². The molecule has 2 amide bonds. The normalized spacial score (nSPS) is 12.2. The summed E-state index contributed by atoms with van der Waals surface area (Å²) in [5, 5.41) is 21.3. The Bertz CT molecular complexity index is 737. The van der Waals surface area contributed by atoms with E-state index in [1.165, 1.54) is 11.3 Å². The number of urea groups is 1. The Hall–Kier alpha value is -1.89. The first-order valence-corrected chi connectivity index (χ1v) is 8.22. The summed E-state index contributed by atoms with van der Waals surface area (Å²) in [6, 6.07) is 11.3. The van der Waals surface area contributed by atoms with Crippen molar-refractivity contribution in [3.05, 3.63) is 52.7 Å². The van der Waals surface area contributed by atoms with Crippen LogP contribution in [0, 0.1) is 0 Å². The number of amides is 2. The highest BCUT2D eigenvalue weighted by Gasteiger charge is 2.14. The number of aliphatic hydroxyl groups excluding tert-OH is 1. The van der Waals surface area contributed by atoms with Crippen molar-refractivity contribution in [1.29, 1.82) is 0 Å². The molecule has 6 heteroatoms. The van der Waals surface area contributed by atoms with Gasteiger partial charge in [0.1, 0.15) is 0 Å². The molecule has 3 rings (SSSR count). The second kappa shape index (κ2) is 6.26. The predicted octanol–water partition coefficient (Wildman–Crippen LogP) is 3.82. The third kappa shape index (κ3) is 3.24. The molecule has 4 nitrogen and oxygen atoms in total. The van der Waals surface area contributed by atoms with E-state index in [0.29, 0.717) is 0 Å². The molecule has 3 aromatic rings. The maximum atomic E-state index is 11.7. The molecule has 1 atom stereocenters. The summed E-state index contributed by atoms with van der Waals surface area (Å²) in [5.74, 6) is 0. The van der Waals surface area contributed by atoms with Crippen LogP contribution in [0.5, 0.6) is 0 Å². The number of aliphatic hydroxyl groups is 1. The first-order valence-electron chi connectivity index (χ1n) is 6.46. The minimum atomic E-state index is -0.713. The minimum absolute atomic E-state index is 0.179. The fourth-order valence-electron chi connectivity index (χ4n) is 2.06. The van der Waals surface area contributed by atoms with Gasteiger partial charge in [-0.2, -0.15) is 0 Å². The highest BCUT2D eigenvalue weighted by atomic mass is 32.1. The van der Waals surface area contributed by atoms with Crippen LogP contribution < -0.4 is 10.6 Å². The van der Waals surface area contributed by atoms with E-state index < -0.39 is 6.10 Å². The highest BCUT2D eigenvalue weighted by Crippen LogP contribution is 2.29. The zero-order chi connectivity index (χ0) is 14.7. The van der Waals surface area contributed by atoms with Crippen LogP contribution in [-0.2, 0) is 0 Å². The number of fused-ring (bicyclic) bond motifs is 1. The van der Waals surface area contributed by atoms with Crippen molar-refractivity contribution in [2.75, 3.05) is 11.9 Å². The number of carbonyl (C=O) groups excluding carboxylic acids is 1. The van der Waals surface area contributed by atoms with Crippen LogP contribution in [0.2, 0.25) is 0 Å². The van der Waals surface area contributed by atoms with Crippen molar-refractivity contribution in [2.24, 2.45) is 0 Å². The lowest BCUT2D eigenvalue weighted by molar-refractivity contribution is 0.177. The molecule has 0 unspecified atom stereocenters. The number of rotatable bonds is 4. The Morgan fingerprint density at radius 3 is 2.86 bits per heavy atom. The summed E-state index contributed by atoms with van der Waals surface area (Å²) in [6.45, 7) is 0.179. The molecule has 1 aromatic carbocycles. The zero-order valence-electron chi connectivity index (χ0n) is 11.1. The SMILES string of the molecule is O=C(NC[C@@H](O)c1csc2ccccc12)Nc1cccs1. The molecule has 0 aliphatic carbocycles. The van der Waals surface area contributed by atoms with E-state index in [1.54, 1.807) is 11.3 Å². The molecular weight excluding hydrogens is 304 g/mol. The van der Waals surface area contributed by atoms with E-state index >= 15 is 0 Å². The first kappa shape index (κ1) is 14.1. The first-order chi connectivity index (χ1) is 10.2. The second-order valence-corrected chi connectivity index (χ2v) is 6.37. The molecule has 0 spiro atoms. The van der Waals surface area contributed by atoms with Crippen LogP contribution in [-0.4, -0.2) is 17.7 Å². The van der Waals surface area contributed by atoms with Crippen LogP contribution in [0.3, 0.4) is 0 Å². The van der Waals surface area contributed by atoms with Gasteiger partial charge in [0.25, 0.3) is 0 Å². The van der Waals surface area contributed by atoms with E-state index in [9.17, 15) is 9.90 Å². The molecule has 0 fully saturated rings.